The van der Waals surface area contributed by atoms with E-state index in [4.69, 9.17) is 31.2 Å². The fourth-order valence-electron chi connectivity index (χ4n) is 3.38. The molecule has 11 heteroatoms. The van der Waals surface area contributed by atoms with Crippen molar-refractivity contribution in [3.8, 4) is 28.6 Å². The molecule has 0 fully saturated rings. The van der Waals surface area contributed by atoms with Gasteiger partial charge in [-0.05, 0) is 54.2 Å². The highest BCUT2D eigenvalue weighted by Gasteiger charge is 2.22. The van der Waals surface area contributed by atoms with Crippen LogP contribution in [0.4, 0.5) is 0 Å². The lowest BCUT2D eigenvalue weighted by Gasteiger charge is -2.20. The number of aromatic amines is 1. The lowest BCUT2D eigenvalue weighted by atomic mass is 10.0. The number of hydrogen-bond donors (Lipinski definition) is 2. The Labute approximate surface area is 201 Å². The van der Waals surface area contributed by atoms with Crippen LogP contribution in [0.15, 0.2) is 42.5 Å². The minimum Gasteiger partial charge on any atom is -0.497 e. The molecule has 0 radical (unpaired) electrons. The molecule has 0 aliphatic rings. The molecule has 0 saturated carbocycles. The van der Waals surface area contributed by atoms with Crippen LogP contribution < -0.4 is 19.5 Å². The van der Waals surface area contributed by atoms with E-state index < -0.39 is 12.0 Å². The number of esters is 1. The summed E-state index contributed by atoms with van der Waals surface area (Å²) in [6.45, 7) is -0.109. The van der Waals surface area contributed by atoms with Crippen molar-refractivity contribution in [1.82, 2.24) is 20.1 Å². The summed E-state index contributed by atoms with van der Waals surface area (Å²) in [6.07, 6.45) is -0.0696. The topological polar surface area (TPSA) is 117 Å². The number of ether oxygens (including phenoxy) is 4. The van der Waals surface area contributed by atoms with E-state index >= 15 is 0 Å². The lowest BCUT2D eigenvalue weighted by Crippen LogP contribution is -2.33. The molecule has 2 aromatic carbocycles. The Kier molecular flexibility index (Phi) is 8.25. The standard InChI is InChI=1S/C23H26N4O6S/c1-30-16-8-5-14(6-9-16)22-25-26-23(34)27(22)13-20(28)24-17(12-21(29)33-4)15-7-10-18(31-2)19(11-15)32-3/h5-11,17H,12-13H2,1-4H3,(H,24,28)(H,26,34). The second-order valence-electron chi connectivity index (χ2n) is 7.18. The maximum atomic E-state index is 13.0. The van der Waals surface area contributed by atoms with Gasteiger partial charge in [0.2, 0.25) is 5.91 Å². The van der Waals surface area contributed by atoms with Gasteiger partial charge in [0.05, 0.1) is 40.9 Å². The number of aromatic nitrogens is 3. The first kappa shape index (κ1) is 24.8. The fourth-order valence-corrected chi connectivity index (χ4v) is 3.58. The summed E-state index contributed by atoms with van der Waals surface area (Å²) in [5, 5.41) is 9.86. The third kappa shape index (κ3) is 5.73. The van der Waals surface area contributed by atoms with Gasteiger partial charge >= 0.3 is 5.97 Å². The average Bonchev–Trinajstić information content (AvgIpc) is 3.22. The molecule has 0 aliphatic carbocycles. The van der Waals surface area contributed by atoms with Crippen LogP contribution in [0.3, 0.4) is 0 Å². The maximum Gasteiger partial charge on any atom is 0.307 e. The molecule has 3 aromatic rings. The second kappa shape index (κ2) is 11.3. The van der Waals surface area contributed by atoms with Crippen molar-refractivity contribution in [2.45, 2.75) is 19.0 Å². The van der Waals surface area contributed by atoms with Gasteiger partial charge in [-0.15, -0.1) is 0 Å². The quantitative estimate of drug-likeness (QED) is 0.332. The summed E-state index contributed by atoms with van der Waals surface area (Å²) in [4.78, 5) is 25.1. The van der Waals surface area contributed by atoms with Crippen molar-refractivity contribution in [2.24, 2.45) is 0 Å². The Balaban J connectivity index is 1.85. The van der Waals surface area contributed by atoms with E-state index in [2.05, 4.69) is 15.5 Å². The van der Waals surface area contributed by atoms with Gasteiger partial charge in [0.25, 0.3) is 0 Å². The first-order valence-corrected chi connectivity index (χ1v) is 10.7. The van der Waals surface area contributed by atoms with E-state index in [1.807, 2.05) is 12.1 Å². The van der Waals surface area contributed by atoms with Crippen LogP contribution >= 0.6 is 12.2 Å². The number of hydrogen-bond acceptors (Lipinski definition) is 8. The summed E-state index contributed by atoms with van der Waals surface area (Å²) in [6, 6.07) is 11.7. The van der Waals surface area contributed by atoms with Gasteiger partial charge in [-0.25, -0.2) is 0 Å². The molecule has 34 heavy (non-hydrogen) atoms. The first-order valence-electron chi connectivity index (χ1n) is 10.3. The minimum absolute atomic E-state index is 0.0696. The Morgan fingerprint density at radius 1 is 1.03 bits per heavy atom. The number of nitrogens with one attached hydrogen (secondary N) is 2. The molecule has 0 aliphatic heterocycles. The molecule has 10 nitrogen and oxygen atoms in total. The van der Waals surface area contributed by atoms with Crippen LogP contribution in [0.2, 0.25) is 0 Å². The largest absolute Gasteiger partial charge is 0.497 e. The van der Waals surface area contributed by atoms with Gasteiger partial charge in [-0.1, -0.05) is 6.07 Å². The maximum absolute atomic E-state index is 13.0. The molecule has 0 bridgehead atoms. The fraction of sp³-hybridized carbons (Fsp3) is 0.304. The zero-order chi connectivity index (χ0) is 24.7. The predicted octanol–water partition coefficient (Wildman–Crippen LogP) is 3.05. The van der Waals surface area contributed by atoms with Crippen LogP contribution in [-0.4, -0.2) is 55.1 Å². The number of amides is 1. The zero-order valence-electron chi connectivity index (χ0n) is 19.3. The van der Waals surface area contributed by atoms with Gasteiger partial charge in [0, 0.05) is 5.56 Å². The minimum atomic E-state index is -0.662. The monoisotopic (exact) mass is 486 g/mol. The summed E-state index contributed by atoms with van der Waals surface area (Å²) in [5.74, 6) is 1.36. The predicted molar refractivity (Wildman–Crippen MR) is 126 cm³/mol. The van der Waals surface area contributed by atoms with Crippen LogP contribution in [0.1, 0.15) is 18.0 Å². The van der Waals surface area contributed by atoms with Crippen LogP contribution in [0.5, 0.6) is 17.2 Å². The Hall–Kier alpha value is -3.86. The van der Waals surface area contributed by atoms with Crippen molar-refractivity contribution in [3.63, 3.8) is 0 Å². The van der Waals surface area contributed by atoms with E-state index in [-0.39, 0.29) is 23.6 Å². The smallest absolute Gasteiger partial charge is 0.307 e. The summed E-state index contributed by atoms with van der Waals surface area (Å²) in [5.41, 5.74) is 1.41. The third-order valence-corrected chi connectivity index (χ3v) is 5.46. The third-order valence-electron chi connectivity index (χ3n) is 5.15. The number of nitrogens with zero attached hydrogens (tertiary/aromatic N) is 2. The molecular weight excluding hydrogens is 460 g/mol. The van der Waals surface area contributed by atoms with Crippen molar-refractivity contribution in [3.05, 3.63) is 52.8 Å². The normalized spacial score (nSPS) is 11.4. The Morgan fingerprint density at radius 2 is 1.74 bits per heavy atom. The average molecular weight is 487 g/mol. The SMILES string of the molecule is COC(=O)CC(NC(=O)Cn1c(-c2ccc(OC)cc2)n[nH]c1=S)c1ccc(OC)c(OC)c1. The molecule has 0 saturated heterocycles. The molecule has 1 heterocycles. The number of benzene rings is 2. The Bertz CT molecular complexity index is 1200. The highest BCUT2D eigenvalue weighted by atomic mass is 32.1. The number of methoxy groups -OCH3 is 4. The van der Waals surface area contributed by atoms with E-state index in [9.17, 15) is 9.59 Å². The summed E-state index contributed by atoms with van der Waals surface area (Å²) >= 11 is 5.33. The van der Waals surface area contributed by atoms with E-state index in [1.54, 1.807) is 42.0 Å². The summed E-state index contributed by atoms with van der Waals surface area (Å²) in [7, 11) is 5.91. The van der Waals surface area contributed by atoms with Gasteiger partial charge in [-0.2, -0.15) is 5.10 Å². The second-order valence-corrected chi connectivity index (χ2v) is 7.57. The number of carbonyl (C=O) groups excluding carboxylic acids is 2. The zero-order valence-corrected chi connectivity index (χ0v) is 20.1. The van der Waals surface area contributed by atoms with Crippen LogP contribution in [-0.2, 0) is 20.9 Å². The van der Waals surface area contributed by atoms with Crippen molar-refractivity contribution >= 4 is 24.1 Å². The molecule has 1 aromatic heterocycles. The molecule has 180 valence electrons. The highest BCUT2D eigenvalue weighted by Crippen LogP contribution is 2.31. The lowest BCUT2D eigenvalue weighted by molar-refractivity contribution is -0.141. The number of rotatable bonds is 10. The van der Waals surface area contributed by atoms with Crippen LogP contribution in [0, 0.1) is 4.77 Å². The molecule has 1 unspecified atom stereocenters. The molecule has 2 N–H and O–H groups in total. The van der Waals surface area contributed by atoms with Gasteiger partial charge < -0.3 is 24.3 Å². The van der Waals surface area contributed by atoms with Gasteiger partial charge in [-0.3, -0.25) is 19.3 Å². The molecule has 3 rings (SSSR count). The van der Waals surface area contributed by atoms with Gasteiger partial charge in [0.15, 0.2) is 22.1 Å². The highest BCUT2D eigenvalue weighted by molar-refractivity contribution is 7.71. The molecule has 1 amide bonds. The number of H-pyrrole nitrogens is 1. The Morgan fingerprint density at radius 3 is 2.35 bits per heavy atom. The van der Waals surface area contributed by atoms with Crippen molar-refractivity contribution in [2.75, 3.05) is 28.4 Å². The van der Waals surface area contributed by atoms with E-state index in [1.165, 1.54) is 21.3 Å². The van der Waals surface area contributed by atoms with E-state index in [0.29, 0.717) is 28.6 Å². The van der Waals surface area contributed by atoms with Crippen molar-refractivity contribution in [1.29, 1.82) is 0 Å². The van der Waals surface area contributed by atoms with Crippen LogP contribution in [0.25, 0.3) is 11.4 Å². The van der Waals surface area contributed by atoms with E-state index in [0.717, 1.165) is 5.56 Å². The summed E-state index contributed by atoms with van der Waals surface area (Å²) < 4.78 is 22.5. The number of carbonyl (C=O) groups is 2. The molecular formula is C23H26N4O6S. The molecule has 1 atom stereocenters. The van der Waals surface area contributed by atoms with Crippen molar-refractivity contribution < 1.29 is 28.5 Å². The van der Waals surface area contributed by atoms with Gasteiger partial charge in [0.1, 0.15) is 12.3 Å². The molecule has 0 spiro atoms. The first-order chi connectivity index (χ1) is 16.4.